The molecule has 30 heavy (non-hydrogen) atoms. The number of ether oxygens (including phenoxy) is 1. The maximum absolute atomic E-state index is 13.0. The van der Waals surface area contributed by atoms with E-state index >= 15 is 0 Å². The summed E-state index contributed by atoms with van der Waals surface area (Å²) in [4.78, 5) is 19.8. The summed E-state index contributed by atoms with van der Waals surface area (Å²) >= 11 is 0. The molecule has 2 heterocycles. The molecule has 1 aliphatic carbocycles. The Hall–Kier alpha value is -3.15. The molecule has 1 amide bonds. The number of carbonyl (C=O) groups is 1. The number of nitrogens with zero attached hydrogens (tertiary/aromatic N) is 3. The number of likely N-dealkylation sites (tertiary alicyclic amines) is 1. The van der Waals surface area contributed by atoms with E-state index in [9.17, 15) is 4.79 Å². The van der Waals surface area contributed by atoms with E-state index in [-0.39, 0.29) is 11.3 Å². The van der Waals surface area contributed by atoms with Gasteiger partial charge in [0.2, 0.25) is 5.91 Å². The Morgan fingerprint density at radius 1 is 1.20 bits per heavy atom. The standard InChI is InChI=1S/C24H25N3O3/c1-29-20-11-9-17(10-12-20)14-21(28)27-15-19-8-5-13-24(19,16-27)23-25-22(30-26-23)18-6-3-2-4-7-18/h2-4,6-7,9-12,19H,5,8,13-16H2,1H3. The Bertz CT molecular complexity index is 1030. The average Bonchev–Trinajstić information content (AvgIpc) is 3.49. The molecule has 2 aliphatic rings. The Morgan fingerprint density at radius 3 is 2.77 bits per heavy atom. The smallest absolute Gasteiger partial charge is 0.257 e. The minimum atomic E-state index is -0.188. The van der Waals surface area contributed by atoms with Gasteiger partial charge in [-0.15, -0.1) is 0 Å². The van der Waals surface area contributed by atoms with Crippen LogP contribution in [0.3, 0.4) is 0 Å². The SMILES string of the molecule is COc1ccc(CC(=O)N2CC3CCCC3(c3noc(-c4ccccc4)n3)C2)cc1. The number of methoxy groups -OCH3 is 1. The molecule has 0 spiro atoms. The van der Waals surface area contributed by atoms with Gasteiger partial charge in [-0.3, -0.25) is 4.79 Å². The van der Waals surface area contributed by atoms with Crippen LogP contribution >= 0.6 is 0 Å². The van der Waals surface area contributed by atoms with Crippen LogP contribution in [0, 0.1) is 5.92 Å². The minimum absolute atomic E-state index is 0.153. The van der Waals surface area contributed by atoms with Crippen molar-refractivity contribution in [3.8, 4) is 17.2 Å². The molecule has 1 saturated heterocycles. The van der Waals surface area contributed by atoms with Crippen LogP contribution in [0.1, 0.15) is 30.7 Å². The topological polar surface area (TPSA) is 68.5 Å². The third kappa shape index (κ3) is 3.26. The van der Waals surface area contributed by atoms with Crippen LogP contribution in [0.25, 0.3) is 11.5 Å². The second-order valence-corrected chi connectivity index (χ2v) is 8.33. The van der Waals surface area contributed by atoms with E-state index in [0.29, 0.717) is 24.8 Å². The molecule has 6 heteroatoms. The highest BCUT2D eigenvalue weighted by atomic mass is 16.5. The molecule has 6 nitrogen and oxygen atoms in total. The third-order valence-electron chi connectivity index (χ3n) is 6.63. The maximum atomic E-state index is 13.0. The monoisotopic (exact) mass is 403 g/mol. The Kier molecular flexibility index (Phi) is 4.77. The summed E-state index contributed by atoms with van der Waals surface area (Å²) in [6.07, 6.45) is 3.63. The summed E-state index contributed by atoms with van der Waals surface area (Å²) in [5.74, 6) is 2.64. The first-order valence-corrected chi connectivity index (χ1v) is 10.5. The van der Waals surface area contributed by atoms with Crippen LogP contribution in [0.2, 0.25) is 0 Å². The van der Waals surface area contributed by atoms with Gasteiger partial charge < -0.3 is 14.2 Å². The molecule has 1 aromatic heterocycles. The maximum Gasteiger partial charge on any atom is 0.257 e. The van der Waals surface area contributed by atoms with Gasteiger partial charge in [0.05, 0.1) is 18.9 Å². The Balaban J connectivity index is 1.34. The van der Waals surface area contributed by atoms with E-state index < -0.39 is 0 Å². The number of hydrogen-bond acceptors (Lipinski definition) is 5. The van der Waals surface area contributed by atoms with Gasteiger partial charge in [0, 0.05) is 18.7 Å². The number of hydrogen-bond donors (Lipinski definition) is 0. The lowest BCUT2D eigenvalue weighted by molar-refractivity contribution is -0.129. The van der Waals surface area contributed by atoms with Crippen LogP contribution in [-0.2, 0) is 16.6 Å². The highest BCUT2D eigenvalue weighted by molar-refractivity contribution is 5.79. The van der Waals surface area contributed by atoms with Crippen molar-refractivity contribution in [3.63, 3.8) is 0 Å². The number of aromatic nitrogens is 2. The van der Waals surface area contributed by atoms with Crippen molar-refractivity contribution in [2.45, 2.75) is 31.1 Å². The quantitative estimate of drug-likeness (QED) is 0.647. The molecule has 0 N–H and O–H groups in total. The number of carbonyl (C=O) groups excluding carboxylic acids is 1. The van der Waals surface area contributed by atoms with Gasteiger partial charge in [0.25, 0.3) is 5.89 Å². The molecule has 2 atom stereocenters. The molecule has 3 aromatic rings. The lowest BCUT2D eigenvalue weighted by Crippen LogP contribution is -2.36. The molecular weight excluding hydrogens is 378 g/mol. The van der Waals surface area contributed by atoms with Gasteiger partial charge in [-0.05, 0) is 48.6 Å². The van der Waals surface area contributed by atoms with Gasteiger partial charge >= 0.3 is 0 Å². The molecule has 0 bridgehead atoms. The first-order valence-electron chi connectivity index (χ1n) is 10.5. The second kappa shape index (κ2) is 7.59. The Labute approximate surface area is 175 Å². The van der Waals surface area contributed by atoms with Crippen molar-refractivity contribution >= 4 is 5.91 Å². The lowest BCUT2D eigenvalue weighted by Gasteiger charge is -2.24. The summed E-state index contributed by atoms with van der Waals surface area (Å²) in [5.41, 5.74) is 1.73. The zero-order valence-electron chi connectivity index (χ0n) is 17.1. The van der Waals surface area contributed by atoms with E-state index in [1.165, 1.54) is 0 Å². The average molecular weight is 403 g/mol. The minimum Gasteiger partial charge on any atom is -0.497 e. The van der Waals surface area contributed by atoms with Crippen molar-refractivity contribution in [2.24, 2.45) is 5.92 Å². The van der Waals surface area contributed by atoms with Crippen LogP contribution in [0.4, 0.5) is 0 Å². The molecule has 2 fully saturated rings. The fraction of sp³-hybridized carbons (Fsp3) is 0.375. The molecule has 154 valence electrons. The summed E-state index contributed by atoms with van der Waals surface area (Å²) in [6.45, 7) is 1.44. The number of benzene rings is 2. The lowest BCUT2D eigenvalue weighted by atomic mass is 9.80. The van der Waals surface area contributed by atoms with Crippen LogP contribution < -0.4 is 4.74 Å². The van der Waals surface area contributed by atoms with E-state index in [0.717, 1.165) is 48.5 Å². The predicted octanol–water partition coefficient (Wildman–Crippen LogP) is 3.87. The summed E-state index contributed by atoms with van der Waals surface area (Å²) in [7, 11) is 1.64. The second-order valence-electron chi connectivity index (χ2n) is 8.33. The van der Waals surface area contributed by atoms with Gasteiger partial charge in [0.1, 0.15) is 5.75 Å². The molecule has 1 aliphatic heterocycles. The first kappa shape index (κ1) is 18.9. The van der Waals surface area contributed by atoms with Crippen molar-refractivity contribution in [3.05, 3.63) is 66.0 Å². The van der Waals surface area contributed by atoms with Crippen LogP contribution in [0.5, 0.6) is 5.75 Å². The third-order valence-corrected chi connectivity index (χ3v) is 6.63. The summed E-state index contributed by atoms with van der Waals surface area (Å²) < 4.78 is 10.8. The largest absolute Gasteiger partial charge is 0.497 e. The van der Waals surface area contributed by atoms with Gasteiger partial charge in [-0.1, -0.05) is 41.9 Å². The predicted molar refractivity (Wildman–Crippen MR) is 112 cm³/mol. The normalized spacial score (nSPS) is 22.8. The zero-order chi connectivity index (χ0) is 20.6. The molecule has 0 radical (unpaired) electrons. The Morgan fingerprint density at radius 2 is 2.00 bits per heavy atom. The summed E-state index contributed by atoms with van der Waals surface area (Å²) in [6, 6.07) is 17.5. The fourth-order valence-electron chi connectivity index (χ4n) is 5.00. The summed E-state index contributed by atoms with van der Waals surface area (Å²) in [5, 5.41) is 4.37. The number of fused-ring (bicyclic) bond motifs is 1. The van der Waals surface area contributed by atoms with E-state index in [1.54, 1.807) is 7.11 Å². The number of rotatable bonds is 5. The molecule has 1 saturated carbocycles. The van der Waals surface area contributed by atoms with Crippen molar-refractivity contribution in [1.29, 1.82) is 0 Å². The molecule has 2 unspecified atom stereocenters. The van der Waals surface area contributed by atoms with Crippen molar-refractivity contribution < 1.29 is 14.1 Å². The molecule has 2 aromatic carbocycles. The van der Waals surface area contributed by atoms with Crippen LogP contribution in [-0.4, -0.2) is 41.1 Å². The molecular formula is C24H25N3O3. The zero-order valence-corrected chi connectivity index (χ0v) is 17.1. The fourth-order valence-corrected chi connectivity index (χ4v) is 5.00. The van der Waals surface area contributed by atoms with Gasteiger partial charge in [-0.2, -0.15) is 4.98 Å². The highest BCUT2D eigenvalue weighted by Gasteiger charge is 2.54. The van der Waals surface area contributed by atoms with E-state index in [1.807, 2.05) is 59.5 Å². The van der Waals surface area contributed by atoms with Gasteiger partial charge in [0.15, 0.2) is 5.82 Å². The van der Waals surface area contributed by atoms with Crippen molar-refractivity contribution in [1.82, 2.24) is 15.0 Å². The van der Waals surface area contributed by atoms with Crippen LogP contribution in [0.15, 0.2) is 59.1 Å². The van der Waals surface area contributed by atoms with Gasteiger partial charge in [-0.25, -0.2) is 0 Å². The van der Waals surface area contributed by atoms with E-state index in [2.05, 4.69) is 5.16 Å². The molecule has 5 rings (SSSR count). The van der Waals surface area contributed by atoms with Crippen molar-refractivity contribution in [2.75, 3.05) is 20.2 Å². The first-order chi connectivity index (χ1) is 14.7. The van der Waals surface area contributed by atoms with E-state index in [4.69, 9.17) is 14.2 Å². The highest BCUT2D eigenvalue weighted by Crippen LogP contribution is 2.49. The number of amides is 1.